The Kier molecular flexibility index (Phi) is 6.41. The van der Waals surface area contributed by atoms with Crippen LogP contribution in [0.2, 0.25) is 0 Å². The highest BCUT2D eigenvalue weighted by molar-refractivity contribution is 5.95. The maximum absolute atomic E-state index is 12.4. The first kappa shape index (κ1) is 21.0. The van der Waals surface area contributed by atoms with Gasteiger partial charge in [0, 0.05) is 19.0 Å². The average molecular weight is 411 g/mol. The number of benzene rings is 2. The first-order valence-electron chi connectivity index (χ1n) is 9.41. The number of nitrogens with one attached hydrogen (secondary N) is 1. The van der Waals surface area contributed by atoms with Crippen LogP contribution in [0.15, 0.2) is 54.6 Å². The maximum Gasteiger partial charge on any atom is 0.311 e. The Labute approximate surface area is 172 Å². The van der Waals surface area contributed by atoms with E-state index < -0.39 is 29.3 Å². The molecule has 0 aromatic heterocycles. The number of ether oxygens (including phenoxy) is 1. The van der Waals surface area contributed by atoms with Crippen molar-refractivity contribution in [1.29, 1.82) is 0 Å². The lowest BCUT2D eigenvalue weighted by Gasteiger charge is -2.25. The zero-order valence-electron chi connectivity index (χ0n) is 16.3. The molecule has 1 aliphatic heterocycles. The quantitative estimate of drug-likeness (QED) is 0.425. The standard InChI is InChI=1S/C21H21N3O6/c1-14(15-7-3-2-4-8-15)23-12-16(11-20(23)26)21(27)30-13-19(25)22-17-9-5-6-10-18(17)24(28)29/h2-10,14,16H,11-13H2,1H3,(H,22,25)/t14-,16-/m1/s1. The molecule has 0 bridgehead atoms. The van der Waals surface area contributed by atoms with E-state index in [0.717, 1.165) is 5.56 Å². The summed E-state index contributed by atoms with van der Waals surface area (Å²) < 4.78 is 5.04. The van der Waals surface area contributed by atoms with Crippen LogP contribution in [0.5, 0.6) is 0 Å². The first-order chi connectivity index (χ1) is 14.4. The Morgan fingerprint density at radius 3 is 2.57 bits per heavy atom. The Bertz CT molecular complexity index is 962. The van der Waals surface area contributed by atoms with Crippen LogP contribution in [0, 0.1) is 16.0 Å². The molecule has 0 spiro atoms. The summed E-state index contributed by atoms with van der Waals surface area (Å²) in [4.78, 5) is 48.7. The number of carbonyl (C=O) groups is 3. The van der Waals surface area contributed by atoms with Gasteiger partial charge in [0.25, 0.3) is 11.6 Å². The third-order valence-corrected chi connectivity index (χ3v) is 4.96. The molecule has 2 aromatic carbocycles. The highest BCUT2D eigenvalue weighted by atomic mass is 16.6. The van der Waals surface area contributed by atoms with Crippen molar-refractivity contribution in [1.82, 2.24) is 4.90 Å². The fourth-order valence-electron chi connectivity index (χ4n) is 3.35. The van der Waals surface area contributed by atoms with Gasteiger partial charge in [-0.1, -0.05) is 42.5 Å². The van der Waals surface area contributed by atoms with Crippen molar-refractivity contribution < 1.29 is 24.0 Å². The van der Waals surface area contributed by atoms with E-state index in [2.05, 4.69) is 5.32 Å². The SMILES string of the molecule is C[C@H](c1ccccc1)N1C[C@H](C(=O)OCC(=O)Nc2ccccc2[N+](=O)[O-])CC1=O. The van der Waals surface area contributed by atoms with Gasteiger partial charge in [-0.05, 0) is 18.6 Å². The van der Waals surface area contributed by atoms with Crippen LogP contribution in [-0.2, 0) is 19.1 Å². The lowest BCUT2D eigenvalue weighted by atomic mass is 10.1. The second kappa shape index (κ2) is 9.17. The van der Waals surface area contributed by atoms with Crippen LogP contribution in [0.25, 0.3) is 0 Å². The number of hydrogen-bond donors (Lipinski definition) is 1. The minimum absolute atomic E-state index is 0.0157. The van der Waals surface area contributed by atoms with Crippen LogP contribution >= 0.6 is 0 Å². The summed E-state index contributed by atoms with van der Waals surface area (Å²) in [6.07, 6.45) is 0.0157. The number of nitrogens with zero attached hydrogens (tertiary/aromatic N) is 2. The average Bonchev–Trinajstić information content (AvgIpc) is 3.14. The molecular formula is C21H21N3O6. The third-order valence-electron chi connectivity index (χ3n) is 4.96. The molecule has 2 atom stereocenters. The number of carbonyl (C=O) groups excluding carboxylic acids is 3. The highest BCUT2D eigenvalue weighted by Gasteiger charge is 2.38. The minimum Gasteiger partial charge on any atom is -0.455 e. The molecule has 0 saturated carbocycles. The normalized spacial score (nSPS) is 16.8. The number of esters is 1. The molecule has 1 saturated heterocycles. The van der Waals surface area contributed by atoms with Crippen LogP contribution in [0.4, 0.5) is 11.4 Å². The van der Waals surface area contributed by atoms with E-state index in [1.54, 1.807) is 11.0 Å². The number of hydrogen-bond acceptors (Lipinski definition) is 6. The Balaban J connectivity index is 1.54. The van der Waals surface area contributed by atoms with Gasteiger partial charge in [-0.15, -0.1) is 0 Å². The number of amides is 2. The fourth-order valence-corrected chi connectivity index (χ4v) is 3.35. The lowest BCUT2D eigenvalue weighted by Crippen LogP contribution is -2.30. The fraction of sp³-hybridized carbons (Fsp3) is 0.286. The third kappa shape index (κ3) is 4.80. The first-order valence-corrected chi connectivity index (χ1v) is 9.41. The highest BCUT2D eigenvalue weighted by Crippen LogP contribution is 2.29. The van der Waals surface area contributed by atoms with Crippen molar-refractivity contribution >= 4 is 29.2 Å². The molecular weight excluding hydrogens is 390 g/mol. The van der Waals surface area contributed by atoms with E-state index in [4.69, 9.17) is 4.74 Å². The number of rotatable bonds is 7. The molecule has 156 valence electrons. The Hall–Kier alpha value is -3.75. The molecule has 1 heterocycles. The summed E-state index contributed by atoms with van der Waals surface area (Å²) in [5, 5.41) is 13.4. The largest absolute Gasteiger partial charge is 0.455 e. The van der Waals surface area contributed by atoms with Gasteiger partial charge in [-0.2, -0.15) is 0 Å². The lowest BCUT2D eigenvalue weighted by molar-refractivity contribution is -0.383. The van der Waals surface area contributed by atoms with Crippen LogP contribution in [-0.4, -0.2) is 40.8 Å². The summed E-state index contributed by atoms with van der Waals surface area (Å²) in [5.41, 5.74) is 0.718. The van der Waals surface area contributed by atoms with Crippen LogP contribution < -0.4 is 5.32 Å². The molecule has 3 rings (SSSR count). The topological polar surface area (TPSA) is 119 Å². The second-order valence-electron chi connectivity index (χ2n) is 6.96. The number of anilines is 1. The zero-order chi connectivity index (χ0) is 21.7. The summed E-state index contributed by atoms with van der Waals surface area (Å²) in [5.74, 6) is -2.17. The van der Waals surface area contributed by atoms with Crippen molar-refractivity contribution in [3.05, 3.63) is 70.3 Å². The van der Waals surface area contributed by atoms with E-state index >= 15 is 0 Å². The molecule has 0 radical (unpaired) electrons. The molecule has 30 heavy (non-hydrogen) atoms. The van der Waals surface area contributed by atoms with Gasteiger partial charge in [0.15, 0.2) is 6.61 Å². The molecule has 2 aromatic rings. The van der Waals surface area contributed by atoms with Gasteiger partial charge in [-0.25, -0.2) is 0 Å². The smallest absolute Gasteiger partial charge is 0.311 e. The van der Waals surface area contributed by atoms with Gasteiger partial charge in [-0.3, -0.25) is 24.5 Å². The molecule has 0 unspecified atom stereocenters. The van der Waals surface area contributed by atoms with E-state index in [0.29, 0.717) is 0 Å². The number of nitro groups is 1. The Morgan fingerprint density at radius 1 is 1.20 bits per heavy atom. The molecule has 2 amide bonds. The van der Waals surface area contributed by atoms with Crippen LogP contribution in [0.1, 0.15) is 24.9 Å². The number of para-hydroxylation sites is 2. The predicted octanol–water partition coefficient (Wildman–Crippen LogP) is 2.69. The molecule has 1 N–H and O–H groups in total. The van der Waals surface area contributed by atoms with Crippen LogP contribution in [0.3, 0.4) is 0 Å². The Morgan fingerprint density at radius 2 is 1.87 bits per heavy atom. The van der Waals surface area contributed by atoms with Gasteiger partial charge < -0.3 is 15.0 Å². The van der Waals surface area contributed by atoms with E-state index in [1.807, 2.05) is 37.3 Å². The van der Waals surface area contributed by atoms with Gasteiger partial charge in [0.2, 0.25) is 5.91 Å². The summed E-state index contributed by atoms with van der Waals surface area (Å²) >= 11 is 0. The number of likely N-dealkylation sites (tertiary alicyclic amines) is 1. The van der Waals surface area contributed by atoms with E-state index in [-0.39, 0.29) is 36.3 Å². The molecule has 1 fully saturated rings. The van der Waals surface area contributed by atoms with Crippen molar-refractivity contribution in [2.75, 3.05) is 18.5 Å². The molecule has 0 aliphatic carbocycles. The van der Waals surface area contributed by atoms with E-state index in [1.165, 1.54) is 18.2 Å². The van der Waals surface area contributed by atoms with E-state index in [9.17, 15) is 24.5 Å². The summed E-state index contributed by atoms with van der Waals surface area (Å²) in [7, 11) is 0. The van der Waals surface area contributed by atoms with Gasteiger partial charge in [0.1, 0.15) is 5.69 Å². The van der Waals surface area contributed by atoms with Crippen molar-refractivity contribution in [2.24, 2.45) is 5.92 Å². The van der Waals surface area contributed by atoms with Gasteiger partial charge in [0.05, 0.1) is 16.9 Å². The second-order valence-corrected chi connectivity index (χ2v) is 6.96. The monoisotopic (exact) mass is 411 g/mol. The predicted molar refractivity (Wildman–Crippen MR) is 107 cm³/mol. The molecule has 1 aliphatic rings. The maximum atomic E-state index is 12.4. The minimum atomic E-state index is -0.698. The van der Waals surface area contributed by atoms with Crippen molar-refractivity contribution in [3.8, 4) is 0 Å². The molecule has 9 heteroatoms. The van der Waals surface area contributed by atoms with Crippen molar-refractivity contribution in [2.45, 2.75) is 19.4 Å². The zero-order valence-corrected chi connectivity index (χ0v) is 16.3. The summed E-state index contributed by atoms with van der Waals surface area (Å²) in [6.45, 7) is 1.50. The van der Waals surface area contributed by atoms with Gasteiger partial charge >= 0.3 is 5.97 Å². The molecule has 9 nitrogen and oxygen atoms in total. The number of nitro benzene ring substituents is 1. The summed E-state index contributed by atoms with van der Waals surface area (Å²) in [6, 6.07) is 15.0. The van der Waals surface area contributed by atoms with Crippen molar-refractivity contribution in [3.63, 3.8) is 0 Å².